The maximum Gasteiger partial charge on any atom is 0.410 e. The summed E-state index contributed by atoms with van der Waals surface area (Å²) in [6, 6.07) is 4.68. The van der Waals surface area contributed by atoms with Gasteiger partial charge >= 0.3 is 6.09 Å². The van der Waals surface area contributed by atoms with Gasteiger partial charge in [0.2, 0.25) is 0 Å². The minimum atomic E-state index is -0.575. The molecule has 150 valence electrons. The number of ether oxygens (including phenoxy) is 1. The zero-order valence-corrected chi connectivity index (χ0v) is 17.7. The van der Waals surface area contributed by atoms with E-state index in [-0.39, 0.29) is 17.0 Å². The summed E-state index contributed by atoms with van der Waals surface area (Å²) in [7, 11) is 1.75. The van der Waals surface area contributed by atoms with Gasteiger partial charge < -0.3 is 15.0 Å². The summed E-state index contributed by atoms with van der Waals surface area (Å²) in [5, 5.41) is 8.04. The van der Waals surface area contributed by atoms with Gasteiger partial charge in [-0.25, -0.2) is 4.79 Å². The Balaban J connectivity index is 1.82. The molecule has 0 aliphatic carbocycles. The van der Waals surface area contributed by atoms with Crippen molar-refractivity contribution < 1.29 is 14.3 Å². The number of carbonyl (C=O) groups is 2. The molecule has 0 bridgehead atoms. The molecular weight excluding hydrogens is 403 g/mol. The van der Waals surface area contributed by atoms with E-state index < -0.39 is 5.60 Å². The second-order valence-electron chi connectivity index (χ2n) is 7.63. The molecule has 1 aliphatic rings. The van der Waals surface area contributed by atoms with Crippen LogP contribution in [0.2, 0.25) is 10.0 Å². The van der Waals surface area contributed by atoms with Crippen LogP contribution in [0.15, 0.2) is 18.2 Å². The van der Waals surface area contributed by atoms with Crippen molar-refractivity contribution in [1.82, 2.24) is 14.7 Å². The first-order valence-electron chi connectivity index (χ1n) is 8.84. The maximum atomic E-state index is 12.7. The summed E-state index contributed by atoms with van der Waals surface area (Å²) in [5.41, 5.74) is 1.37. The lowest BCUT2D eigenvalue weighted by molar-refractivity contribution is 0.0224. The van der Waals surface area contributed by atoms with Crippen molar-refractivity contribution in [3.05, 3.63) is 45.1 Å². The van der Waals surface area contributed by atoms with E-state index in [0.29, 0.717) is 35.9 Å². The van der Waals surface area contributed by atoms with Crippen molar-refractivity contribution in [3.8, 4) is 0 Å². The van der Waals surface area contributed by atoms with Crippen LogP contribution in [-0.2, 0) is 24.8 Å². The van der Waals surface area contributed by atoms with Crippen LogP contribution in [0.25, 0.3) is 0 Å². The molecule has 0 saturated heterocycles. The molecule has 1 aliphatic heterocycles. The summed E-state index contributed by atoms with van der Waals surface area (Å²) in [6.07, 6.45) is 0.194. The summed E-state index contributed by atoms with van der Waals surface area (Å²) < 4.78 is 7.06. The Morgan fingerprint density at radius 2 is 1.96 bits per heavy atom. The maximum absolute atomic E-state index is 12.7. The lowest BCUT2D eigenvalue weighted by Gasteiger charge is -2.29. The molecule has 0 atom stereocenters. The highest BCUT2D eigenvalue weighted by atomic mass is 35.5. The Labute approximate surface area is 173 Å². The monoisotopic (exact) mass is 424 g/mol. The first-order valence-corrected chi connectivity index (χ1v) is 9.60. The number of aromatic nitrogens is 2. The number of carbonyl (C=O) groups excluding carboxylic acids is 2. The topological polar surface area (TPSA) is 76.5 Å². The molecule has 0 fully saturated rings. The SMILES string of the molecule is Cn1nc2c(c1NC(=O)c1ccc(Cl)cc1Cl)CN(C(=O)OC(C)(C)C)CC2. The fourth-order valence-corrected chi connectivity index (χ4v) is 3.48. The molecule has 2 amide bonds. The number of aryl methyl sites for hydroxylation is 1. The Morgan fingerprint density at radius 3 is 2.61 bits per heavy atom. The van der Waals surface area contributed by atoms with Gasteiger partial charge in [-0.15, -0.1) is 0 Å². The lowest BCUT2D eigenvalue weighted by atomic mass is 10.1. The molecule has 0 spiro atoms. The highest BCUT2D eigenvalue weighted by Crippen LogP contribution is 2.28. The fraction of sp³-hybridized carbons (Fsp3) is 0.421. The molecule has 1 aromatic carbocycles. The molecular formula is C19H22Cl2N4O3. The van der Waals surface area contributed by atoms with Crippen molar-refractivity contribution in [2.45, 2.75) is 39.3 Å². The van der Waals surface area contributed by atoms with Crippen LogP contribution in [0.1, 0.15) is 42.4 Å². The predicted octanol–water partition coefficient (Wildman–Crippen LogP) is 4.27. The van der Waals surface area contributed by atoms with Crippen molar-refractivity contribution in [2.24, 2.45) is 7.05 Å². The Kier molecular flexibility index (Phi) is 5.59. The normalized spacial score (nSPS) is 13.9. The third kappa shape index (κ3) is 4.42. The quantitative estimate of drug-likeness (QED) is 0.780. The van der Waals surface area contributed by atoms with Crippen molar-refractivity contribution in [2.75, 3.05) is 11.9 Å². The largest absolute Gasteiger partial charge is 0.444 e. The number of nitrogens with one attached hydrogen (secondary N) is 1. The van der Waals surface area contributed by atoms with Crippen LogP contribution in [0, 0.1) is 0 Å². The Hall–Kier alpha value is -2.25. The standard InChI is InChI=1S/C19H22Cl2N4O3/c1-19(2,3)28-18(27)25-8-7-15-13(10-25)16(24(4)23-15)22-17(26)12-6-5-11(20)9-14(12)21/h5-6,9H,7-8,10H2,1-4H3,(H,22,26). The van der Waals surface area contributed by atoms with E-state index in [1.165, 1.54) is 6.07 Å². The Bertz CT molecular complexity index is 934. The first-order chi connectivity index (χ1) is 13.0. The van der Waals surface area contributed by atoms with E-state index in [1.54, 1.807) is 28.8 Å². The Morgan fingerprint density at radius 1 is 1.25 bits per heavy atom. The summed E-state index contributed by atoms with van der Waals surface area (Å²) in [4.78, 5) is 26.7. The minimum Gasteiger partial charge on any atom is -0.444 e. The molecule has 0 unspecified atom stereocenters. The van der Waals surface area contributed by atoms with Gasteiger partial charge in [0.1, 0.15) is 11.4 Å². The average Bonchev–Trinajstić information content (AvgIpc) is 2.88. The van der Waals surface area contributed by atoms with E-state index in [9.17, 15) is 9.59 Å². The van der Waals surface area contributed by atoms with Gasteiger partial charge in [0, 0.05) is 30.6 Å². The smallest absolute Gasteiger partial charge is 0.410 e. The zero-order chi connectivity index (χ0) is 20.6. The number of fused-ring (bicyclic) bond motifs is 1. The number of hydrogen-bond donors (Lipinski definition) is 1. The minimum absolute atomic E-state index is 0.261. The molecule has 28 heavy (non-hydrogen) atoms. The number of hydrogen-bond acceptors (Lipinski definition) is 4. The molecule has 0 saturated carbocycles. The molecule has 9 heteroatoms. The molecule has 2 heterocycles. The van der Waals surface area contributed by atoms with Crippen molar-refractivity contribution in [3.63, 3.8) is 0 Å². The van der Waals surface area contributed by atoms with Gasteiger partial charge in [0.15, 0.2) is 0 Å². The van der Waals surface area contributed by atoms with E-state index in [4.69, 9.17) is 27.9 Å². The van der Waals surface area contributed by atoms with Gasteiger partial charge in [-0.1, -0.05) is 23.2 Å². The first kappa shape index (κ1) is 20.5. The number of nitrogens with zero attached hydrogens (tertiary/aromatic N) is 3. The third-order valence-corrected chi connectivity index (χ3v) is 4.80. The average molecular weight is 425 g/mol. The van der Waals surface area contributed by atoms with Gasteiger partial charge in [-0.3, -0.25) is 9.48 Å². The van der Waals surface area contributed by atoms with Crippen LogP contribution in [0.4, 0.5) is 10.6 Å². The fourth-order valence-electron chi connectivity index (χ4n) is 2.99. The number of anilines is 1. The van der Waals surface area contributed by atoms with Gasteiger partial charge in [0.25, 0.3) is 5.91 Å². The highest BCUT2D eigenvalue weighted by molar-refractivity contribution is 6.37. The number of halogens is 2. The summed E-state index contributed by atoms with van der Waals surface area (Å²) in [6.45, 7) is 6.29. The molecule has 2 aromatic rings. The zero-order valence-electron chi connectivity index (χ0n) is 16.2. The van der Waals surface area contributed by atoms with E-state index in [0.717, 1.165) is 11.3 Å². The molecule has 1 aromatic heterocycles. The summed E-state index contributed by atoms with van der Waals surface area (Å²) >= 11 is 12.0. The van der Waals surface area contributed by atoms with E-state index in [2.05, 4.69) is 10.4 Å². The summed E-state index contributed by atoms with van der Waals surface area (Å²) in [5.74, 6) is 0.154. The van der Waals surface area contributed by atoms with Gasteiger partial charge in [0.05, 0.1) is 22.8 Å². The lowest BCUT2D eigenvalue weighted by Crippen LogP contribution is -2.40. The van der Waals surface area contributed by atoms with E-state index in [1.807, 2.05) is 20.8 Å². The van der Waals surface area contributed by atoms with Crippen LogP contribution < -0.4 is 5.32 Å². The van der Waals surface area contributed by atoms with E-state index >= 15 is 0 Å². The van der Waals surface area contributed by atoms with Crippen molar-refractivity contribution >= 4 is 41.0 Å². The third-order valence-electron chi connectivity index (χ3n) is 4.26. The molecule has 7 nitrogen and oxygen atoms in total. The second kappa shape index (κ2) is 7.64. The number of rotatable bonds is 2. The molecule has 3 rings (SSSR count). The number of benzene rings is 1. The van der Waals surface area contributed by atoms with Crippen LogP contribution in [0.3, 0.4) is 0 Å². The number of amides is 2. The molecule has 1 N–H and O–H groups in total. The van der Waals surface area contributed by atoms with Gasteiger partial charge in [-0.05, 0) is 39.0 Å². The predicted molar refractivity (Wildman–Crippen MR) is 108 cm³/mol. The molecule has 0 radical (unpaired) electrons. The van der Waals surface area contributed by atoms with Crippen LogP contribution in [0.5, 0.6) is 0 Å². The van der Waals surface area contributed by atoms with Crippen LogP contribution in [-0.4, -0.2) is 38.8 Å². The van der Waals surface area contributed by atoms with Crippen LogP contribution >= 0.6 is 23.2 Å². The second-order valence-corrected chi connectivity index (χ2v) is 8.47. The van der Waals surface area contributed by atoms with Gasteiger partial charge in [-0.2, -0.15) is 5.10 Å². The highest BCUT2D eigenvalue weighted by Gasteiger charge is 2.30. The van der Waals surface area contributed by atoms with Crippen molar-refractivity contribution in [1.29, 1.82) is 0 Å².